The maximum atomic E-state index is 9.05. The van der Waals surface area contributed by atoms with Crippen LogP contribution >= 0.6 is 0 Å². The summed E-state index contributed by atoms with van der Waals surface area (Å²) in [5, 5.41) is 0. The van der Waals surface area contributed by atoms with Gasteiger partial charge in [0.05, 0.1) is 22.3 Å². The van der Waals surface area contributed by atoms with E-state index in [1.807, 2.05) is 97.1 Å². The predicted octanol–water partition coefficient (Wildman–Crippen LogP) is 5.47. The number of nitrogens with zero attached hydrogens (tertiary/aromatic N) is 4. The van der Waals surface area contributed by atoms with Crippen LogP contribution < -0.4 is 0 Å². The molecule has 30 heavy (non-hydrogen) atoms. The normalized spacial score (nSPS) is 11.9. The van der Waals surface area contributed by atoms with Crippen LogP contribution in [0.1, 0.15) is 22.3 Å². The fourth-order valence-electron chi connectivity index (χ4n) is 4.20. The van der Waals surface area contributed by atoms with E-state index in [-0.39, 0.29) is 0 Å². The molecule has 4 aromatic carbocycles. The SMILES string of the molecule is [N-]=[N+]=C1c2ccccc2-c2ccccc21.[N-]=[N+]=C1c2ccccc2-c2ccccc21. The quantitative estimate of drug-likeness (QED) is 0.246. The molecule has 0 N–H and O–H groups in total. The van der Waals surface area contributed by atoms with Crippen molar-refractivity contribution < 1.29 is 9.58 Å². The molecule has 0 aromatic heterocycles. The first kappa shape index (κ1) is 17.7. The zero-order chi connectivity index (χ0) is 20.5. The number of hydrogen-bond donors (Lipinski definition) is 0. The molecule has 0 bridgehead atoms. The van der Waals surface area contributed by atoms with Gasteiger partial charge in [-0.3, -0.25) is 0 Å². The van der Waals surface area contributed by atoms with Crippen LogP contribution in [0.3, 0.4) is 0 Å². The molecule has 6 rings (SSSR count). The summed E-state index contributed by atoms with van der Waals surface area (Å²) in [5.74, 6) is 0. The van der Waals surface area contributed by atoms with E-state index in [4.69, 9.17) is 11.1 Å². The summed E-state index contributed by atoms with van der Waals surface area (Å²) < 4.78 is 0. The van der Waals surface area contributed by atoms with Crippen LogP contribution in [0.4, 0.5) is 0 Å². The van der Waals surface area contributed by atoms with E-state index in [0.29, 0.717) is 11.4 Å². The van der Waals surface area contributed by atoms with Gasteiger partial charge in [-0.15, -0.1) is 0 Å². The Morgan fingerprint density at radius 3 is 0.733 bits per heavy atom. The lowest BCUT2D eigenvalue weighted by Crippen LogP contribution is -1.98. The van der Waals surface area contributed by atoms with Gasteiger partial charge in [0.25, 0.3) is 0 Å². The van der Waals surface area contributed by atoms with Crippen LogP contribution in [-0.4, -0.2) is 21.0 Å². The van der Waals surface area contributed by atoms with Crippen molar-refractivity contribution in [1.29, 1.82) is 0 Å². The Hall–Kier alpha value is -4.36. The number of hydrogen-bond acceptors (Lipinski definition) is 0. The zero-order valence-electron chi connectivity index (χ0n) is 16.0. The summed E-state index contributed by atoms with van der Waals surface area (Å²) in [5.41, 5.74) is 28.0. The van der Waals surface area contributed by atoms with Crippen LogP contribution in [0.25, 0.3) is 33.3 Å². The van der Waals surface area contributed by atoms with Gasteiger partial charge in [0.15, 0.2) is 0 Å². The summed E-state index contributed by atoms with van der Waals surface area (Å²) >= 11 is 0. The highest BCUT2D eigenvalue weighted by molar-refractivity contribution is 6.22. The van der Waals surface area contributed by atoms with Crippen molar-refractivity contribution in [3.8, 4) is 22.3 Å². The minimum absolute atomic E-state index is 0.668. The lowest BCUT2D eigenvalue weighted by atomic mass is 10.1. The molecule has 4 heteroatoms. The second-order valence-electron chi connectivity index (χ2n) is 7.08. The summed E-state index contributed by atoms with van der Waals surface area (Å²) in [7, 11) is 0. The van der Waals surface area contributed by atoms with Gasteiger partial charge in [-0.1, -0.05) is 72.8 Å². The average molecular weight is 384 g/mol. The molecule has 0 fully saturated rings. The Balaban J connectivity index is 0.000000128. The Kier molecular flexibility index (Phi) is 4.27. The topological polar surface area (TPSA) is 72.8 Å². The maximum Gasteiger partial charge on any atom is 0.330 e. The van der Waals surface area contributed by atoms with Crippen LogP contribution in [0, 0.1) is 0 Å². The molecular weight excluding hydrogens is 368 g/mol. The van der Waals surface area contributed by atoms with E-state index in [0.717, 1.165) is 44.5 Å². The largest absolute Gasteiger partial charge is 0.361 e. The predicted molar refractivity (Wildman–Crippen MR) is 117 cm³/mol. The molecule has 0 spiro atoms. The first-order chi connectivity index (χ1) is 14.8. The van der Waals surface area contributed by atoms with Crippen molar-refractivity contribution in [3.63, 3.8) is 0 Å². The summed E-state index contributed by atoms with van der Waals surface area (Å²) in [4.78, 5) is 6.77. The van der Waals surface area contributed by atoms with Gasteiger partial charge in [0.1, 0.15) is 0 Å². The number of benzene rings is 4. The third-order valence-electron chi connectivity index (χ3n) is 5.51. The fourth-order valence-corrected chi connectivity index (χ4v) is 4.20. The number of fused-ring (bicyclic) bond motifs is 6. The van der Waals surface area contributed by atoms with Gasteiger partial charge in [-0.2, -0.15) is 9.58 Å². The molecule has 0 saturated carbocycles. The molecule has 2 aliphatic carbocycles. The molecule has 0 saturated heterocycles. The van der Waals surface area contributed by atoms with Crippen molar-refractivity contribution in [2.75, 3.05) is 0 Å². The third-order valence-corrected chi connectivity index (χ3v) is 5.51. The van der Waals surface area contributed by atoms with Gasteiger partial charge in [0.2, 0.25) is 0 Å². The van der Waals surface area contributed by atoms with Crippen LogP contribution in [0.5, 0.6) is 0 Å². The molecule has 0 unspecified atom stereocenters. The van der Waals surface area contributed by atoms with E-state index in [1.165, 1.54) is 0 Å². The third kappa shape index (κ3) is 2.65. The van der Waals surface area contributed by atoms with E-state index in [1.54, 1.807) is 0 Å². The molecule has 140 valence electrons. The molecule has 0 amide bonds. The standard InChI is InChI=1S/2C13H8N2/c2*14-15-13-11-7-3-1-5-9(11)10-6-2-4-8-12(10)13/h2*1-8H. The lowest BCUT2D eigenvalue weighted by Gasteiger charge is -1.95. The van der Waals surface area contributed by atoms with Crippen LogP contribution in [0.2, 0.25) is 0 Å². The van der Waals surface area contributed by atoms with Crippen molar-refractivity contribution in [2.45, 2.75) is 0 Å². The maximum absolute atomic E-state index is 9.05. The Morgan fingerprint density at radius 1 is 0.333 bits per heavy atom. The molecule has 2 aliphatic rings. The number of rotatable bonds is 0. The van der Waals surface area contributed by atoms with Crippen molar-refractivity contribution >= 4 is 11.4 Å². The zero-order valence-corrected chi connectivity index (χ0v) is 16.0. The molecular formula is C26H16N4. The van der Waals surface area contributed by atoms with E-state index in [9.17, 15) is 0 Å². The van der Waals surface area contributed by atoms with E-state index >= 15 is 0 Å². The lowest BCUT2D eigenvalue weighted by molar-refractivity contribution is -0.00287. The first-order valence-corrected chi connectivity index (χ1v) is 9.66. The molecule has 0 aliphatic heterocycles. The second-order valence-corrected chi connectivity index (χ2v) is 7.08. The van der Waals surface area contributed by atoms with Crippen LogP contribution in [0.15, 0.2) is 97.1 Å². The van der Waals surface area contributed by atoms with E-state index in [2.05, 4.69) is 9.58 Å². The summed E-state index contributed by atoms with van der Waals surface area (Å²) in [6.45, 7) is 0. The van der Waals surface area contributed by atoms with Crippen molar-refractivity contribution in [1.82, 2.24) is 0 Å². The highest BCUT2D eigenvalue weighted by Gasteiger charge is 2.30. The fraction of sp³-hybridized carbons (Fsp3) is 0. The Bertz CT molecular complexity index is 1200. The first-order valence-electron chi connectivity index (χ1n) is 9.66. The molecule has 4 aromatic rings. The molecule has 0 radical (unpaired) electrons. The Morgan fingerprint density at radius 2 is 0.533 bits per heavy atom. The van der Waals surface area contributed by atoms with Crippen LogP contribution in [-0.2, 0) is 0 Å². The van der Waals surface area contributed by atoms with Gasteiger partial charge in [-0.05, 0) is 46.5 Å². The van der Waals surface area contributed by atoms with Crippen molar-refractivity contribution in [2.24, 2.45) is 0 Å². The molecule has 0 heterocycles. The van der Waals surface area contributed by atoms with Crippen molar-refractivity contribution in [3.05, 3.63) is 130 Å². The summed E-state index contributed by atoms with van der Waals surface area (Å²) in [6, 6.07) is 31.9. The second kappa shape index (κ2) is 7.23. The molecule has 0 atom stereocenters. The van der Waals surface area contributed by atoms with Gasteiger partial charge in [0, 0.05) is 0 Å². The Labute approximate surface area is 173 Å². The smallest absolute Gasteiger partial charge is 0.330 e. The van der Waals surface area contributed by atoms with Gasteiger partial charge >= 0.3 is 11.4 Å². The van der Waals surface area contributed by atoms with E-state index < -0.39 is 0 Å². The minimum atomic E-state index is 0.668. The van der Waals surface area contributed by atoms with Gasteiger partial charge < -0.3 is 11.1 Å². The monoisotopic (exact) mass is 384 g/mol. The highest BCUT2D eigenvalue weighted by Crippen LogP contribution is 2.36. The van der Waals surface area contributed by atoms with Gasteiger partial charge in [-0.25, -0.2) is 0 Å². The highest BCUT2D eigenvalue weighted by atomic mass is 14.9. The summed E-state index contributed by atoms with van der Waals surface area (Å²) in [6.07, 6.45) is 0. The minimum Gasteiger partial charge on any atom is -0.361 e. The molecule has 4 nitrogen and oxygen atoms in total. The average Bonchev–Trinajstić information content (AvgIpc) is 3.32.